The monoisotopic (exact) mass is 232 g/mol. The van der Waals surface area contributed by atoms with Crippen LogP contribution >= 0.6 is 0 Å². The molecule has 0 aromatic heterocycles. The molecule has 0 heterocycles. The lowest BCUT2D eigenvalue weighted by Crippen LogP contribution is -2.48. The van der Waals surface area contributed by atoms with Crippen molar-refractivity contribution in [2.75, 3.05) is 0 Å². The van der Waals surface area contributed by atoms with Gasteiger partial charge in [-0.1, -0.05) is 57.4 Å². The Bertz CT molecular complexity index is 365. The van der Waals surface area contributed by atoms with Crippen molar-refractivity contribution in [1.82, 2.24) is 5.43 Å². The fraction of sp³-hybridized carbons (Fsp3) is 0.600. The molecule has 0 saturated heterocycles. The van der Waals surface area contributed by atoms with Crippen LogP contribution < -0.4 is 11.3 Å². The molecule has 1 saturated carbocycles. The SMILES string of the molecule is CC(C)c1cccc(C2(NN)CCCCC2)c1. The van der Waals surface area contributed by atoms with Gasteiger partial charge in [0.1, 0.15) is 0 Å². The normalized spacial score (nSPS) is 19.5. The van der Waals surface area contributed by atoms with Crippen molar-refractivity contribution in [3.63, 3.8) is 0 Å². The van der Waals surface area contributed by atoms with E-state index in [0.717, 1.165) is 12.8 Å². The van der Waals surface area contributed by atoms with E-state index in [2.05, 4.69) is 43.5 Å². The minimum Gasteiger partial charge on any atom is -0.271 e. The zero-order valence-corrected chi connectivity index (χ0v) is 11.0. The Morgan fingerprint density at radius 1 is 1.18 bits per heavy atom. The van der Waals surface area contributed by atoms with Gasteiger partial charge in [-0.05, 0) is 29.9 Å². The second-order valence-corrected chi connectivity index (χ2v) is 5.57. The van der Waals surface area contributed by atoms with Crippen LogP contribution in [0.25, 0.3) is 0 Å². The van der Waals surface area contributed by atoms with E-state index in [-0.39, 0.29) is 5.54 Å². The standard InChI is InChI=1S/C15H24N2/c1-12(2)13-7-6-8-14(11-13)15(17-16)9-4-3-5-10-15/h6-8,11-12,17H,3-5,9-10,16H2,1-2H3. The predicted octanol–water partition coefficient (Wildman–Crippen LogP) is 3.43. The molecule has 2 heteroatoms. The summed E-state index contributed by atoms with van der Waals surface area (Å²) in [6.45, 7) is 4.48. The van der Waals surface area contributed by atoms with E-state index < -0.39 is 0 Å². The van der Waals surface area contributed by atoms with Crippen molar-refractivity contribution >= 4 is 0 Å². The molecule has 0 spiro atoms. The van der Waals surface area contributed by atoms with Gasteiger partial charge in [0, 0.05) is 0 Å². The van der Waals surface area contributed by atoms with E-state index in [4.69, 9.17) is 5.84 Å². The van der Waals surface area contributed by atoms with Gasteiger partial charge in [-0.3, -0.25) is 5.84 Å². The quantitative estimate of drug-likeness (QED) is 0.619. The highest BCUT2D eigenvalue weighted by atomic mass is 15.3. The van der Waals surface area contributed by atoms with Crippen molar-refractivity contribution in [3.05, 3.63) is 35.4 Å². The van der Waals surface area contributed by atoms with Crippen molar-refractivity contribution < 1.29 is 0 Å². The number of hydrogen-bond donors (Lipinski definition) is 2. The Morgan fingerprint density at radius 3 is 2.47 bits per heavy atom. The van der Waals surface area contributed by atoms with E-state index in [1.165, 1.54) is 30.4 Å². The highest BCUT2D eigenvalue weighted by molar-refractivity contribution is 5.31. The fourth-order valence-electron chi connectivity index (χ4n) is 2.87. The first-order chi connectivity index (χ1) is 8.18. The van der Waals surface area contributed by atoms with Crippen LogP contribution in [0.2, 0.25) is 0 Å². The smallest absolute Gasteiger partial charge is 0.0569 e. The largest absolute Gasteiger partial charge is 0.271 e. The zero-order valence-electron chi connectivity index (χ0n) is 11.0. The van der Waals surface area contributed by atoms with Crippen LogP contribution in [-0.4, -0.2) is 0 Å². The summed E-state index contributed by atoms with van der Waals surface area (Å²) in [6, 6.07) is 8.92. The second-order valence-electron chi connectivity index (χ2n) is 5.57. The summed E-state index contributed by atoms with van der Waals surface area (Å²) in [5.74, 6) is 6.42. The van der Waals surface area contributed by atoms with Crippen molar-refractivity contribution in [2.45, 2.75) is 57.4 Å². The summed E-state index contributed by atoms with van der Waals surface area (Å²) < 4.78 is 0. The zero-order chi connectivity index (χ0) is 12.3. The van der Waals surface area contributed by atoms with Gasteiger partial charge in [-0.25, -0.2) is 5.43 Å². The maximum Gasteiger partial charge on any atom is 0.0569 e. The summed E-state index contributed by atoms with van der Waals surface area (Å²) in [5, 5.41) is 0. The number of hydrogen-bond acceptors (Lipinski definition) is 2. The van der Waals surface area contributed by atoms with Gasteiger partial charge >= 0.3 is 0 Å². The average Bonchev–Trinajstić information content (AvgIpc) is 2.39. The topological polar surface area (TPSA) is 38.0 Å². The Hall–Kier alpha value is -0.860. The second kappa shape index (κ2) is 5.19. The summed E-state index contributed by atoms with van der Waals surface area (Å²) in [4.78, 5) is 0. The van der Waals surface area contributed by atoms with Gasteiger partial charge in [-0.2, -0.15) is 0 Å². The van der Waals surface area contributed by atoms with Crippen LogP contribution in [0.15, 0.2) is 24.3 Å². The Labute approximate surface area is 105 Å². The molecule has 0 radical (unpaired) electrons. The molecule has 1 aromatic rings. The van der Waals surface area contributed by atoms with Crippen molar-refractivity contribution in [3.8, 4) is 0 Å². The van der Waals surface area contributed by atoms with Crippen molar-refractivity contribution in [2.24, 2.45) is 5.84 Å². The van der Waals surface area contributed by atoms with Crippen LogP contribution in [-0.2, 0) is 5.54 Å². The lowest BCUT2D eigenvalue weighted by atomic mass is 9.76. The fourth-order valence-corrected chi connectivity index (χ4v) is 2.87. The number of nitrogens with one attached hydrogen (secondary N) is 1. The molecule has 0 aliphatic heterocycles. The number of nitrogens with two attached hydrogens (primary N) is 1. The molecule has 3 N–H and O–H groups in total. The molecule has 2 rings (SSSR count). The molecule has 2 nitrogen and oxygen atoms in total. The molecule has 1 fully saturated rings. The maximum atomic E-state index is 5.85. The first-order valence-corrected chi connectivity index (χ1v) is 6.76. The molecule has 1 aliphatic carbocycles. The minimum absolute atomic E-state index is 0.0170. The van der Waals surface area contributed by atoms with Gasteiger partial charge in [0.05, 0.1) is 5.54 Å². The van der Waals surface area contributed by atoms with Crippen LogP contribution in [0, 0.1) is 0 Å². The third-order valence-corrected chi connectivity index (χ3v) is 4.09. The van der Waals surface area contributed by atoms with E-state index in [1.54, 1.807) is 0 Å². The third-order valence-electron chi connectivity index (χ3n) is 4.09. The Morgan fingerprint density at radius 2 is 1.88 bits per heavy atom. The molecule has 0 unspecified atom stereocenters. The lowest BCUT2D eigenvalue weighted by Gasteiger charge is -2.37. The Balaban J connectivity index is 2.33. The van der Waals surface area contributed by atoms with Gasteiger partial charge in [0.25, 0.3) is 0 Å². The first-order valence-electron chi connectivity index (χ1n) is 6.76. The van der Waals surface area contributed by atoms with E-state index >= 15 is 0 Å². The van der Waals surface area contributed by atoms with Gasteiger partial charge in [-0.15, -0.1) is 0 Å². The van der Waals surface area contributed by atoms with Gasteiger partial charge in [0.15, 0.2) is 0 Å². The molecule has 0 amide bonds. The van der Waals surface area contributed by atoms with E-state index in [1.807, 2.05) is 0 Å². The van der Waals surface area contributed by atoms with Gasteiger partial charge < -0.3 is 0 Å². The van der Waals surface area contributed by atoms with Gasteiger partial charge in [0.2, 0.25) is 0 Å². The van der Waals surface area contributed by atoms with Crippen LogP contribution in [0.3, 0.4) is 0 Å². The highest BCUT2D eigenvalue weighted by Crippen LogP contribution is 2.37. The van der Waals surface area contributed by atoms with Crippen molar-refractivity contribution in [1.29, 1.82) is 0 Å². The number of hydrazine groups is 1. The molecule has 0 atom stereocenters. The maximum absolute atomic E-state index is 5.85. The molecule has 1 aliphatic rings. The molecule has 0 bridgehead atoms. The summed E-state index contributed by atoms with van der Waals surface area (Å²) in [5.41, 5.74) is 5.89. The minimum atomic E-state index is 0.0170. The van der Waals surface area contributed by atoms with E-state index in [9.17, 15) is 0 Å². The highest BCUT2D eigenvalue weighted by Gasteiger charge is 2.32. The molecule has 1 aromatic carbocycles. The number of benzene rings is 1. The molecular formula is C15H24N2. The molecular weight excluding hydrogens is 208 g/mol. The van der Waals surface area contributed by atoms with E-state index in [0.29, 0.717) is 5.92 Å². The Kier molecular flexibility index (Phi) is 3.85. The molecule has 94 valence electrons. The van der Waals surface area contributed by atoms with Crippen LogP contribution in [0.1, 0.15) is 63.0 Å². The summed E-state index contributed by atoms with van der Waals surface area (Å²) in [6.07, 6.45) is 6.20. The molecule has 17 heavy (non-hydrogen) atoms. The summed E-state index contributed by atoms with van der Waals surface area (Å²) >= 11 is 0. The first kappa shape index (κ1) is 12.6. The predicted molar refractivity (Wildman–Crippen MR) is 72.6 cm³/mol. The lowest BCUT2D eigenvalue weighted by molar-refractivity contribution is 0.236. The average molecular weight is 232 g/mol. The van der Waals surface area contributed by atoms with Crippen LogP contribution in [0.5, 0.6) is 0 Å². The third kappa shape index (κ3) is 2.53. The summed E-state index contributed by atoms with van der Waals surface area (Å²) in [7, 11) is 0. The van der Waals surface area contributed by atoms with Crippen LogP contribution in [0.4, 0.5) is 0 Å². The number of rotatable bonds is 3.